The molecule has 0 rings (SSSR count). The number of rotatable bonds is 71. The summed E-state index contributed by atoms with van der Waals surface area (Å²) >= 11 is 0. The molecule has 0 spiro atoms. The normalized spacial score (nSPS) is 14.7. The summed E-state index contributed by atoms with van der Waals surface area (Å²) in [5.74, 6) is -2.30. The predicted octanol–water partition coefficient (Wildman–Crippen LogP) is 22.1. The fourth-order valence-corrected chi connectivity index (χ4v) is 11.3. The Morgan fingerprint density at radius 1 is 0.290 bits per heavy atom. The zero-order chi connectivity index (χ0) is 73.2. The average Bonchev–Trinajstić information content (AvgIpc) is 0.930. The molecule has 0 radical (unpaired) electrons. The van der Waals surface area contributed by atoms with Gasteiger partial charge in [-0.3, -0.25) is 37.3 Å². The number of esters is 4. The van der Waals surface area contributed by atoms with Crippen LogP contribution in [0.5, 0.6) is 0 Å². The van der Waals surface area contributed by atoms with Gasteiger partial charge in [-0.2, -0.15) is 0 Å². The van der Waals surface area contributed by atoms with Crippen LogP contribution in [0.1, 0.15) is 297 Å². The Morgan fingerprint density at radius 3 is 0.900 bits per heavy atom. The maximum Gasteiger partial charge on any atom is 0.472 e. The summed E-state index contributed by atoms with van der Waals surface area (Å²) in [7, 11) is -9.98. The van der Waals surface area contributed by atoms with Gasteiger partial charge < -0.3 is 33.8 Å². The molecule has 0 saturated carbocycles. The van der Waals surface area contributed by atoms with Crippen LogP contribution in [0.25, 0.3) is 0 Å². The number of hydrogen-bond acceptors (Lipinski definition) is 15. The maximum atomic E-state index is 13.1. The lowest BCUT2D eigenvalue weighted by molar-refractivity contribution is -0.161. The van der Waals surface area contributed by atoms with E-state index in [1.807, 2.05) is 18.2 Å². The third-order valence-corrected chi connectivity index (χ3v) is 17.5. The third kappa shape index (κ3) is 71.6. The van der Waals surface area contributed by atoms with Gasteiger partial charge in [-0.25, -0.2) is 9.13 Å². The summed E-state index contributed by atoms with van der Waals surface area (Å²) in [5, 5.41) is 10.6. The molecule has 0 saturated heterocycles. The number of hydrogen-bond donors (Lipinski definition) is 3. The molecular formula is C81H136O17P2. The molecule has 5 atom stereocenters. The summed E-state index contributed by atoms with van der Waals surface area (Å²) in [6.07, 6.45) is 80.3. The standard InChI is InChI=1S/C81H136O17P2/c1-5-9-13-17-21-25-29-32-34-36-37-39-40-43-47-50-54-58-62-66-79(84)92-72-77(98-81(86)68-64-60-56-52-48-44-41-38-35-33-30-26-22-18-14-10-6-2)74-96-100(89,90)94-70-75(82)69-93-99(87,88)95-73-76(97-80(85)67-63-59-55-51-45-28-24-20-16-12-8-4)71-91-78(83)65-61-57-53-49-46-42-31-27-23-19-15-11-7-3/h9-10,13-14,20-22,24-27,31-35,37,39,43,47,54,58,75-77,82H,5-8,11-12,15-19,23,28-30,36,38,40-42,44-46,48-53,55-57,59-74H2,1-4H3,(H,87,88)(H,89,90)/b13-9-,14-10-,24-20-,25-21-,26-22-,31-27-,34-32-,35-33-,39-37-,47-43-,58-54-. The van der Waals surface area contributed by atoms with Crippen molar-refractivity contribution in [3.05, 3.63) is 134 Å². The van der Waals surface area contributed by atoms with Crippen molar-refractivity contribution in [1.82, 2.24) is 0 Å². The summed E-state index contributed by atoms with van der Waals surface area (Å²) in [6, 6.07) is 0. The first-order valence-corrected chi connectivity index (χ1v) is 41.4. The van der Waals surface area contributed by atoms with Gasteiger partial charge in [0.1, 0.15) is 19.3 Å². The molecule has 100 heavy (non-hydrogen) atoms. The quantitative estimate of drug-likeness (QED) is 0.0169. The Bertz CT molecular complexity index is 2420. The largest absolute Gasteiger partial charge is 0.472 e. The molecule has 0 aromatic heterocycles. The van der Waals surface area contributed by atoms with E-state index >= 15 is 0 Å². The summed E-state index contributed by atoms with van der Waals surface area (Å²) in [4.78, 5) is 72.8. The summed E-state index contributed by atoms with van der Waals surface area (Å²) in [5.41, 5.74) is 0. The highest BCUT2D eigenvalue weighted by atomic mass is 31.2. The minimum absolute atomic E-state index is 0.0305. The minimum Gasteiger partial charge on any atom is -0.462 e. The fraction of sp³-hybridized carbons (Fsp3) is 0.679. The van der Waals surface area contributed by atoms with E-state index in [4.69, 9.17) is 37.0 Å². The summed E-state index contributed by atoms with van der Waals surface area (Å²) < 4.78 is 68.4. The average molecular weight is 1440 g/mol. The monoisotopic (exact) mass is 1440 g/mol. The second kappa shape index (κ2) is 72.5. The van der Waals surface area contributed by atoms with E-state index in [1.54, 1.807) is 0 Å². The molecule has 0 aliphatic rings. The van der Waals surface area contributed by atoms with Crippen molar-refractivity contribution in [3.63, 3.8) is 0 Å². The molecule has 0 heterocycles. The number of allylic oxidation sites excluding steroid dienone is 22. The zero-order valence-electron chi connectivity index (χ0n) is 62.3. The number of ether oxygens (including phenoxy) is 4. The van der Waals surface area contributed by atoms with Crippen LogP contribution < -0.4 is 0 Å². The number of carbonyl (C=O) groups excluding carboxylic acids is 4. The highest BCUT2D eigenvalue weighted by Crippen LogP contribution is 2.45. The molecule has 0 bridgehead atoms. The molecule has 5 unspecified atom stereocenters. The van der Waals surface area contributed by atoms with Gasteiger partial charge in [-0.05, 0) is 141 Å². The number of phosphoric ester groups is 2. The van der Waals surface area contributed by atoms with Gasteiger partial charge >= 0.3 is 39.5 Å². The first kappa shape index (κ1) is 95.2. The molecule has 19 heteroatoms. The lowest BCUT2D eigenvalue weighted by Gasteiger charge is -2.21. The van der Waals surface area contributed by atoms with Gasteiger partial charge in [0.2, 0.25) is 0 Å². The smallest absolute Gasteiger partial charge is 0.462 e. The zero-order valence-corrected chi connectivity index (χ0v) is 64.1. The Hall–Kier alpha value is -4.80. The van der Waals surface area contributed by atoms with E-state index in [2.05, 4.69) is 143 Å². The highest BCUT2D eigenvalue weighted by Gasteiger charge is 2.30. The molecular weight excluding hydrogens is 1310 g/mol. The van der Waals surface area contributed by atoms with E-state index in [-0.39, 0.29) is 25.7 Å². The van der Waals surface area contributed by atoms with E-state index in [9.17, 15) is 43.2 Å². The van der Waals surface area contributed by atoms with E-state index in [0.29, 0.717) is 32.1 Å². The van der Waals surface area contributed by atoms with E-state index < -0.39 is 97.5 Å². The second-order valence-corrected chi connectivity index (χ2v) is 28.1. The summed E-state index contributed by atoms with van der Waals surface area (Å²) in [6.45, 7) is 4.47. The number of carbonyl (C=O) groups is 4. The van der Waals surface area contributed by atoms with Crippen molar-refractivity contribution in [2.24, 2.45) is 0 Å². The molecule has 3 N–H and O–H groups in total. The number of aliphatic hydroxyl groups is 1. The van der Waals surface area contributed by atoms with Crippen LogP contribution in [-0.4, -0.2) is 96.7 Å². The third-order valence-electron chi connectivity index (χ3n) is 15.6. The maximum absolute atomic E-state index is 13.1. The lowest BCUT2D eigenvalue weighted by atomic mass is 10.1. The van der Waals surface area contributed by atoms with Crippen LogP contribution in [0.15, 0.2) is 134 Å². The van der Waals surface area contributed by atoms with Crippen LogP contribution in [0, 0.1) is 0 Å². The van der Waals surface area contributed by atoms with Gasteiger partial charge in [-0.15, -0.1) is 0 Å². The van der Waals surface area contributed by atoms with E-state index in [1.165, 1.54) is 38.5 Å². The molecule has 0 aromatic rings. The van der Waals surface area contributed by atoms with Crippen molar-refractivity contribution in [1.29, 1.82) is 0 Å². The van der Waals surface area contributed by atoms with Crippen molar-refractivity contribution in [2.45, 2.75) is 316 Å². The molecule has 0 aromatic carbocycles. The van der Waals surface area contributed by atoms with Gasteiger partial charge in [0.05, 0.1) is 26.4 Å². The Morgan fingerprint density at radius 2 is 0.550 bits per heavy atom. The number of phosphoric acid groups is 2. The minimum atomic E-state index is -5.00. The predicted molar refractivity (Wildman–Crippen MR) is 408 cm³/mol. The van der Waals surface area contributed by atoms with Gasteiger partial charge in [0.15, 0.2) is 12.2 Å². The van der Waals surface area contributed by atoms with Crippen molar-refractivity contribution in [2.75, 3.05) is 39.6 Å². The van der Waals surface area contributed by atoms with Gasteiger partial charge in [-0.1, -0.05) is 264 Å². The highest BCUT2D eigenvalue weighted by molar-refractivity contribution is 7.47. The first-order chi connectivity index (χ1) is 48.7. The topological polar surface area (TPSA) is 237 Å². The molecule has 572 valence electrons. The molecule has 0 amide bonds. The Kier molecular flexibility index (Phi) is 69.1. The first-order valence-electron chi connectivity index (χ1n) is 38.4. The van der Waals surface area contributed by atoms with Crippen LogP contribution in [0.3, 0.4) is 0 Å². The Labute approximate surface area is 605 Å². The van der Waals surface area contributed by atoms with Crippen molar-refractivity contribution >= 4 is 39.5 Å². The van der Waals surface area contributed by atoms with Gasteiger partial charge in [0, 0.05) is 25.7 Å². The SMILES string of the molecule is CC/C=C\C/C=C\C/C=C\C/C=C\C/C=C\C/C=C\CCC(=O)OCC(COP(=O)(O)OCC(O)COP(=O)(O)OCC(COC(=O)CCCCCCC/C=C\CCCCCC)OC(=O)CCCCCCC/C=C\CCCC)OC(=O)CCCCCCCCC/C=C\C/C=C\C/C=C\CC. The molecule has 17 nitrogen and oxygen atoms in total. The van der Waals surface area contributed by atoms with E-state index in [0.717, 1.165) is 173 Å². The van der Waals surface area contributed by atoms with Crippen LogP contribution in [0.4, 0.5) is 0 Å². The van der Waals surface area contributed by atoms with Crippen molar-refractivity contribution in [3.8, 4) is 0 Å². The Balaban J connectivity index is 5.42. The molecule has 0 aliphatic heterocycles. The van der Waals surface area contributed by atoms with Crippen LogP contribution >= 0.6 is 15.6 Å². The van der Waals surface area contributed by atoms with Crippen LogP contribution in [-0.2, 0) is 65.4 Å². The molecule has 0 fully saturated rings. The van der Waals surface area contributed by atoms with Crippen molar-refractivity contribution < 1.29 is 80.2 Å². The van der Waals surface area contributed by atoms with Gasteiger partial charge in [0.25, 0.3) is 0 Å². The lowest BCUT2D eigenvalue weighted by Crippen LogP contribution is -2.30. The number of aliphatic hydroxyl groups excluding tert-OH is 1. The second-order valence-electron chi connectivity index (χ2n) is 25.2. The fourth-order valence-electron chi connectivity index (χ4n) is 9.76. The number of unbranched alkanes of at least 4 members (excludes halogenated alkanes) is 23. The molecule has 0 aliphatic carbocycles. The van der Waals surface area contributed by atoms with Crippen LogP contribution in [0.2, 0.25) is 0 Å².